The number of aliphatic hydroxyl groups excluding tert-OH is 1. The lowest BCUT2D eigenvalue weighted by molar-refractivity contribution is -0.117. The number of thiazole rings is 1. The fraction of sp³-hybridized carbons (Fsp3) is 0.714. The van der Waals surface area contributed by atoms with Crippen molar-refractivity contribution in [2.45, 2.75) is 32.1 Å². The highest BCUT2D eigenvalue weighted by Crippen LogP contribution is 2.30. The summed E-state index contributed by atoms with van der Waals surface area (Å²) in [6.07, 6.45) is 5.32. The zero-order valence-electron chi connectivity index (χ0n) is 11.6. The smallest absolute Gasteiger partial charge is 0.240 e. The first-order valence-electron chi connectivity index (χ1n) is 7.36. The number of piperidine rings is 1. The number of rotatable bonds is 4. The number of nitrogens with zero attached hydrogens (tertiary/aromatic N) is 2. The average Bonchev–Trinajstić information content (AvgIpc) is 3.00. The Morgan fingerprint density at radius 2 is 2.20 bits per heavy atom. The van der Waals surface area contributed by atoms with E-state index in [9.17, 15) is 4.79 Å². The van der Waals surface area contributed by atoms with Gasteiger partial charge < -0.3 is 10.4 Å². The maximum absolute atomic E-state index is 12.0. The monoisotopic (exact) mass is 295 g/mol. The molecule has 0 unspecified atom stereocenters. The molecule has 1 aromatic rings. The van der Waals surface area contributed by atoms with E-state index in [0.29, 0.717) is 12.5 Å². The van der Waals surface area contributed by atoms with E-state index in [2.05, 4.69) is 15.2 Å². The Balaban J connectivity index is 1.47. The van der Waals surface area contributed by atoms with Crippen molar-refractivity contribution in [2.24, 2.45) is 5.92 Å². The number of carbonyl (C=O) groups excluding carboxylic acids is 1. The topological polar surface area (TPSA) is 65.5 Å². The Hall–Kier alpha value is -0.980. The average molecular weight is 295 g/mol. The molecule has 2 heterocycles. The lowest BCUT2D eigenvalue weighted by atomic mass is 9.98. The number of hydrogen-bond acceptors (Lipinski definition) is 5. The minimum absolute atomic E-state index is 0.0277. The van der Waals surface area contributed by atoms with E-state index >= 15 is 0 Å². The Labute approximate surface area is 123 Å². The van der Waals surface area contributed by atoms with Crippen LogP contribution in [0.5, 0.6) is 0 Å². The van der Waals surface area contributed by atoms with Crippen LogP contribution in [-0.2, 0) is 17.6 Å². The number of aromatic nitrogens is 1. The highest BCUT2D eigenvalue weighted by atomic mass is 32.1. The van der Waals surface area contributed by atoms with Crippen LogP contribution in [0, 0.1) is 5.92 Å². The van der Waals surface area contributed by atoms with E-state index in [1.807, 2.05) is 0 Å². The van der Waals surface area contributed by atoms with Gasteiger partial charge in [0.25, 0.3) is 0 Å². The fourth-order valence-corrected chi connectivity index (χ4v) is 4.00. The third-order valence-electron chi connectivity index (χ3n) is 4.17. The molecule has 1 saturated heterocycles. The molecular formula is C14H21N3O2S. The van der Waals surface area contributed by atoms with Crippen LogP contribution >= 0.6 is 11.3 Å². The van der Waals surface area contributed by atoms with Crippen molar-refractivity contribution in [3.05, 3.63) is 10.6 Å². The van der Waals surface area contributed by atoms with Crippen LogP contribution in [0.4, 0.5) is 5.13 Å². The van der Waals surface area contributed by atoms with Gasteiger partial charge in [-0.2, -0.15) is 0 Å². The Morgan fingerprint density at radius 3 is 2.90 bits per heavy atom. The summed E-state index contributed by atoms with van der Waals surface area (Å²) in [5, 5.41) is 12.8. The van der Waals surface area contributed by atoms with E-state index in [4.69, 9.17) is 5.11 Å². The molecule has 6 heteroatoms. The molecule has 3 rings (SSSR count). The highest BCUT2D eigenvalue weighted by molar-refractivity contribution is 7.15. The lowest BCUT2D eigenvalue weighted by Gasteiger charge is -2.30. The fourth-order valence-electron chi connectivity index (χ4n) is 2.93. The SMILES string of the molecule is O=C(CN1CCC(CO)CC1)Nc1nc2c(s1)CCC2. The van der Waals surface area contributed by atoms with Crippen molar-refractivity contribution < 1.29 is 9.90 Å². The molecule has 0 atom stereocenters. The first kappa shape index (κ1) is 14.0. The number of carbonyl (C=O) groups is 1. The Morgan fingerprint density at radius 1 is 1.40 bits per heavy atom. The maximum Gasteiger partial charge on any atom is 0.240 e. The molecule has 1 aliphatic carbocycles. The van der Waals surface area contributed by atoms with Gasteiger partial charge in [0.05, 0.1) is 12.2 Å². The molecule has 2 aliphatic rings. The standard InChI is InChI=1S/C14H21N3O2S/c18-9-10-4-6-17(7-5-10)8-13(19)16-14-15-11-2-1-3-12(11)20-14/h10,18H,1-9H2,(H,15,16,19). The molecule has 1 aromatic heterocycles. The molecule has 5 nitrogen and oxygen atoms in total. The van der Waals surface area contributed by atoms with Crippen LogP contribution < -0.4 is 5.32 Å². The van der Waals surface area contributed by atoms with Crippen molar-refractivity contribution >= 4 is 22.4 Å². The molecule has 0 saturated carbocycles. The number of likely N-dealkylation sites (tertiary alicyclic amines) is 1. The number of fused-ring (bicyclic) bond motifs is 1. The minimum Gasteiger partial charge on any atom is -0.396 e. The lowest BCUT2D eigenvalue weighted by Crippen LogP contribution is -2.39. The van der Waals surface area contributed by atoms with Crippen LogP contribution in [-0.4, -0.2) is 47.1 Å². The van der Waals surface area contributed by atoms with Crippen molar-refractivity contribution in [3.63, 3.8) is 0 Å². The first-order valence-corrected chi connectivity index (χ1v) is 8.18. The summed E-state index contributed by atoms with van der Waals surface area (Å²) in [6, 6.07) is 0. The number of aryl methyl sites for hydroxylation is 2. The number of amides is 1. The first-order chi connectivity index (χ1) is 9.74. The summed E-state index contributed by atoms with van der Waals surface area (Å²) in [6.45, 7) is 2.49. The van der Waals surface area contributed by atoms with Gasteiger partial charge >= 0.3 is 0 Å². The van der Waals surface area contributed by atoms with Crippen molar-refractivity contribution in [2.75, 3.05) is 31.6 Å². The Kier molecular flexibility index (Phi) is 4.33. The van der Waals surface area contributed by atoms with Crippen molar-refractivity contribution in [1.29, 1.82) is 0 Å². The van der Waals surface area contributed by atoms with Gasteiger partial charge in [-0.1, -0.05) is 0 Å². The van der Waals surface area contributed by atoms with Gasteiger partial charge in [-0.25, -0.2) is 4.98 Å². The van der Waals surface area contributed by atoms with E-state index in [1.54, 1.807) is 11.3 Å². The zero-order chi connectivity index (χ0) is 13.9. The number of nitrogens with one attached hydrogen (secondary N) is 1. The molecule has 1 amide bonds. The second-order valence-electron chi connectivity index (χ2n) is 5.69. The summed E-state index contributed by atoms with van der Waals surface area (Å²) in [7, 11) is 0. The summed E-state index contributed by atoms with van der Waals surface area (Å²) in [5.74, 6) is 0.441. The van der Waals surface area contributed by atoms with E-state index in [0.717, 1.165) is 43.9 Å². The predicted octanol–water partition coefficient (Wildman–Crippen LogP) is 1.27. The van der Waals surface area contributed by atoms with Gasteiger partial charge in [-0.3, -0.25) is 9.69 Å². The van der Waals surface area contributed by atoms with E-state index in [1.165, 1.54) is 17.0 Å². The summed E-state index contributed by atoms with van der Waals surface area (Å²) in [4.78, 5) is 20.0. The Bertz CT molecular complexity index is 459. The molecule has 1 aliphatic heterocycles. The highest BCUT2D eigenvalue weighted by Gasteiger charge is 2.21. The minimum atomic E-state index is 0.0277. The van der Waals surface area contributed by atoms with Crippen LogP contribution in [0.25, 0.3) is 0 Å². The van der Waals surface area contributed by atoms with Crippen LogP contribution in [0.1, 0.15) is 29.8 Å². The van der Waals surface area contributed by atoms with Gasteiger partial charge in [0.2, 0.25) is 5.91 Å². The summed E-state index contributed by atoms with van der Waals surface area (Å²) >= 11 is 1.62. The summed E-state index contributed by atoms with van der Waals surface area (Å²) < 4.78 is 0. The number of aliphatic hydroxyl groups is 1. The van der Waals surface area contributed by atoms with Gasteiger partial charge in [-0.05, 0) is 51.1 Å². The molecule has 0 spiro atoms. The van der Waals surface area contributed by atoms with Gasteiger partial charge in [-0.15, -0.1) is 11.3 Å². The largest absolute Gasteiger partial charge is 0.396 e. The van der Waals surface area contributed by atoms with Gasteiger partial charge in [0.15, 0.2) is 5.13 Å². The van der Waals surface area contributed by atoms with Crippen LogP contribution in [0.2, 0.25) is 0 Å². The molecular weight excluding hydrogens is 274 g/mol. The number of hydrogen-bond donors (Lipinski definition) is 2. The number of anilines is 1. The normalized spacial score (nSPS) is 20.1. The molecule has 0 aromatic carbocycles. The van der Waals surface area contributed by atoms with E-state index in [-0.39, 0.29) is 12.5 Å². The molecule has 110 valence electrons. The zero-order valence-corrected chi connectivity index (χ0v) is 12.4. The quantitative estimate of drug-likeness (QED) is 0.878. The summed E-state index contributed by atoms with van der Waals surface area (Å²) in [5.41, 5.74) is 1.18. The van der Waals surface area contributed by atoms with Gasteiger partial charge in [0.1, 0.15) is 0 Å². The molecule has 1 fully saturated rings. The predicted molar refractivity (Wildman–Crippen MR) is 79.0 cm³/mol. The maximum atomic E-state index is 12.0. The van der Waals surface area contributed by atoms with Crippen LogP contribution in [0.15, 0.2) is 0 Å². The van der Waals surface area contributed by atoms with Gasteiger partial charge in [0, 0.05) is 11.5 Å². The van der Waals surface area contributed by atoms with E-state index < -0.39 is 0 Å². The second-order valence-corrected chi connectivity index (χ2v) is 6.78. The molecule has 0 radical (unpaired) electrons. The van der Waals surface area contributed by atoms with Crippen LogP contribution in [0.3, 0.4) is 0 Å². The van der Waals surface area contributed by atoms with Crippen molar-refractivity contribution in [1.82, 2.24) is 9.88 Å². The third kappa shape index (κ3) is 3.19. The molecule has 20 heavy (non-hydrogen) atoms. The molecule has 0 bridgehead atoms. The second kappa shape index (κ2) is 6.20. The third-order valence-corrected chi connectivity index (χ3v) is 5.25. The van der Waals surface area contributed by atoms with Crippen molar-refractivity contribution in [3.8, 4) is 0 Å². The molecule has 2 N–H and O–H groups in total.